The van der Waals surface area contributed by atoms with Gasteiger partial charge in [0.1, 0.15) is 5.82 Å². The summed E-state index contributed by atoms with van der Waals surface area (Å²) in [5, 5.41) is 0. The van der Waals surface area contributed by atoms with Crippen molar-refractivity contribution in [1.82, 2.24) is 19.4 Å². The zero-order chi connectivity index (χ0) is 16.9. The third kappa shape index (κ3) is 4.29. The topological polar surface area (TPSA) is 33.5 Å². The number of likely N-dealkylation sites (tertiary alicyclic amines) is 1. The fraction of sp³-hybridized carbons (Fsp3) is 0.550. The summed E-state index contributed by atoms with van der Waals surface area (Å²) in [6.07, 6.45) is 6.64. The summed E-state index contributed by atoms with van der Waals surface area (Å²) in [6, 6.07) is 11.3. The number of nitrogens with zero attached hydrogens (tertiary/aromatic N) is 4. The van der Waals surface area contributed by atoms with Crippen molar-refractivity contribution < 1.29 is 4.74 Å². The van der Waals surface area contributed by atoms with Crippen molar-refractivity contribution in [2.45, 2.75) is 32.0 Å². The quantitative estimate of drug-likeness (QED) is 0.807. The molecule has 0 amide bonds. The maximum atomic E-state index is 5.48. The van der Waals surface area contributed by atoms with E-state index >= 15 is 0 Å². The van der Waals surface area contributed by atoms with Crippen LogP contribution in [0.2, 0.25) is 0 Å². The van der Waals surface area contributed by atoms with Crippen LogP contribution in [0.3, 0.4) is 0 Å². The molecule has 2 aliphatic heterocycles. The second kappa shape index (κ2) is 8.13. The second-order valence-corrected chi connectivity index (χ2v) is 7.14. The molecular formula is C20H28N4O. The van der Waals surface area contributed by atoms with Crippen molar-refractivity contribution >= 4 is 0 Å². The molecule has 0 N–H and O–H groups in total. The van der Waals surface area contributed by atoms with Crippen LogP contribution in [0.1, 0.15) is 24.2 Å². The lowest BCUT2D eigenvalue weighted by molar-refractivity contribution is 0.0259. The Balaban J connectivity index is 1.38. The Morgan fingerprint density at radius 2 is 1.88 bits per heavy atom. The van der Waals surface area contributed by atoms with Crippen LogP contribution in [-0.4, -0.2) is 64.8 Å². The Morgan fingerprint density at radius 3 is 2.72 bits per heavy atom. The molecule has 2 aromatic rings. The van der Waals surface area contributed by atoms with Gasteiger partial charge in [0.15, 0.2) is 0 Å². The zero-order valence-electron chi connectivity index (χ0n) is 14.9. The minimum absolute atomic E-state index is 0.653. The average molecular weight is 340 g/mol. The molecule has 5 heteroatoms. The van der Waals surface area contributed by atoms with E-state index in [4.69, 9.17) is 4.74 Å². The van der Waals surface area contributed by atoms with E-state index in [-0.39, 0.29) is 0 Å². The third-order valence-electron chi connectivity index (χ3n) is 5.41. The summed E-state index contributed by atoms with van der Waals surface area (Å²) in [4.78, 5) is 9.83. The highest BCUT2D eigenvalue weighted by atomic mass is 16.5. The lowest BCUT2D eigenvalue weighted by atomic mass is 10.2. The van der Waals surface area contributed by atoms with Crippen LogP contribution in [-0.2, 0) is 17.8 Å². The Kier molecular flexibility index (Phi) is 5.45. The van der Waals surface area contributed by atoms with Gasteiger partial charge in [-0.2, -0.15) is 0 Å². The normalized spacial score (nSPS) is 22.5. The summed E-state index contributed by atoms with van der Waals surface area (Å²) >= 11 is 0. The van der Waals surface area contributed by atoms with Crippen molar-refractivity contribution in [3.63, 3.8) is 0 Å². The van der Waals surface area contributed by atoms with Gasteiger partial charge in [-0.3, -0.25) is 9.80 Å². The highest BCUT2D eigenvalue weighted by molar-refractivity contribution is 5.15. The summed E-state index contributed by atoms with van der Waals surface area (Å²) < 4.78 is 7.77. The minimum atomic E-state index is 0.653. The molecule has 0 bridgehead atoms. The molecule has 2 saturated heterocycles. The van der Waals surface area contributed by atoms with Gasteiger partial charge in [-0.25, -0.2) is 4.98 Å². The molecule has 3 heterocycles. The monoisotopic (exact) mass is 340 g/mol. The Hall–Kier alpha value is -1.69. The van der Waals surface area contributed by atoms with Crippen LogP contribution in [0.25, 0.3) is 0 Å². The van der Waals surface area contributed by atoms with Crippen LogP contribution in [0.5, 0.6) is 0 Å². The van der Waals surface area contributed by atoms with E-state index in [1.165, 1.54) is 37.3 Å². The summed E-state index contributed by atoms with van der Waals surface area (Å²) in [5.74, 6) is 1.18. The molecule has 1 aromatic carbocycles. The molecule has 5 nitrogen and oxygen atoms in total. The van der Waals surface area contributed by atoms with Gasteiger partial charge in [0.25, 0.3) is 0 Å². The van der Waals surface area contributed by atoms with E-state index in [0.29, 0.717) is 6.04 Å². The van der Waals surface area contributed by atoms with E-state index < -0.39 is 0 Å². The maximum absolute atomic E-state index is 5.48. The van der Waals surface area contributed by atoms with Crippen LogP contribution in [0.15, 0.2) is 42.7 Å². The second-order valence-electron chi connectivity index (χ2n) is 7.14. The Morgan fingerprint density at radius 1 is 1.04 bits per heavy atom. The van der Waals surface area contributed by atoms with Crippen LogP contribution >= 0.6 is 0 Å². The first kappa shape index (κ1) is 16.8. The lowest BCUT2D eigenvalue weighted by Gasteiger charge is -2.32. The van der Waals surface area contributed by atoms with E-state index in [1.54, 1.807) is 0 Å². The summed E-state index contributed by atoms with van der Waals surface area (Å²) in [7, 11) is 0. The summed E-state index contributed by atoms with van der Waals surface area (Å²) in [6.45, 7) is 8.13. The van der Waals surface area contributed by atoms with Gasteiger partial charge >= 0.3 is 0 Å². The number of hydrogen-bond acceptors (Lipinski definition) is 4. The molecule has 0 spiro atoms. The molecule has 1 atom stereocenters. The molecule has 25 heavy (non-hydrogen) atoms. The van der Waals surface area contributed by atoms with Crippen LogP contribution < -0.4 is 0 Å². The van der Waals surface area contributed by atoms with Crippen molar-refractivity contribution in [2.24, 2.45) is 0 Å². The minimum Gasteiger partial charge on any atom is -0.379 e. The van der Waals surface area contributed by atoms with Crippen molar-refractivity contribution in [1.29, 1.82) is 0 Å². The third-order valence-corrected chi connectivity index (χ3v) is 5.41. The SMILES string of the molecule is c1ccc(Cn2ccnc2CN2CCC[C@@H]2CN2CCOCC2)cc1. The number of ether oxygens (including phenoxy) is 1. The number of morpholine rings is 1. The number of aromatic nitrogens is 2. The van der Waals surface area contributed by atoms with Gasteiger partial charge < -0.3 is 9.30 Å². The lowest BCUT2D eigenvalue weighted by Crippen LogP contribution is -2.45. The molecular weight excluding hydrogens is 312 g/mol. The first-order chi connectivity index (χ1) is 12.4. The molecule has 0 unspecified atom stereocenters. The fourth-order valence-electron chi connectivity index (χ4n) is 3.99. The van der Waals surface area contributed by atoms with E-state index in [1.807, 2.05) is 6.20 Å². The zero-order valence-corrected chi connectivity index (χ0v) is 14.9. The van der Waals surface area contributed by atoms with Gasteiger partial charge in [-0.15, -0.1) is 0 Å². The number of imidazole rings is 1. The number of hydrogen-bond donors (Lipinski definition) is 0. The Bertz CT molecular complexity index is 651. The van der Waals surface area contributed by atoms with Crippen LogP contribution in [0.4, 0.5) is 0 Å². The van der Waals surface area contributed by atoms with Crippen molar-refractivity contribution in [3.8, 4) is 0 Å². The maximum Gasteiger partial charge on any atom is 0.123 e. The largest absolute Gasteiger partial charge is 0.379 e. The smallest absolute Gasteiger partial charge is 0.123 e. The van der Waals surface area contributed by atoms with Gasteiger partial charge in [0.05, 0.1) is 19.8 Å². The predicted molar refractivity (Wildman–Crippen MR) is 98.5 cm³/mol. The molecule has 134 valence electrons. The summed E-state index contributed by atoms with van der Waals surface area (Å²) in [5.41, 5.74) is 1.33. The Labute approximate surface area is 150 Å². The molecule has 0 saturated carbocycles. The standard InChI is InChI=1S/C20H28N4O/c1-2-5-18(6-3-1)15-24-10-8-21-20(24)17-23-9-4-7-19(23)16-22-11-13-25-14-12-22/h1-3,5-6,8,10,19H,4,7,9,11-17H2/t19-/m1/s1. The molecule has 1 aromatic heterocycles. The highest BCUT2D eigenvalue weighted by Gasteiger charge is 2.28. The molecule has 2 fully saturated rings. The van der Waals surface area contributed by atoms with Crippen molar-refractivity contribution in [2.75, 3.05) is 39.4 Å². The van der Waals surface area contributed by atoms with Gasteiger partial charge in [0.2, 0.25) is 0 Å². The van der Waals surface area contributed by atoms with Gasteiger partial charge in [-0.1, -0.05) is 30.3 Å². The number of rotatable bonds is 6. The molecule has 2 aliphatic rings. The molecule has 4 rings (SSSR count). The van der Waals surface area contributed by atoms with E-state index in [9.17, 15) is 0 Å². The van der Waals surface area contributed by atoms with Gasteiger partial charge in [0, 0.05) is 44.6 Å². The van der Waals surface area contributed by atoms with E-state index in [0.717, 1.165) is 39.4 Å². The predicted octanol–water partition coefficient (Wildman–Crippen LogP) is 2.23. The first-order valence-corrected chi connectivity index (χ1v) is 9.46. The average Bonchev–Trinajstić information content (AvgIpc) is 3.27. The van der Waals surface area contributed by atoms with Gasteiger partial charge in [-0.05, 0) is 24.9 Å². The molecule has 0 aliphatic carbocycles. The van der Waals surface area contributed by atoms with E-state index in [2.05, 4.69) is 55.9 Å². The molecule has 0 radical (unpaired) electrons. The van der Waals surface area contributed by atoms with Crippen molar-refractivity contribution in [3.05, 3.63) is 54.1 Å². The van der Waals surface area contributed by atoms with Crippen LogP contribution in [0, 0.1) is 0 Å². The highest BCUT2D eigenvalue weighted by Crippen LogP contribution is 2.21. The fourth-order valence-corrected chi connectivity index (χ4v) is 3.99. The first-order valence-electron chi connectivity index (χ1n) is 9.46. The number of benzene rings is 1.